The number of amides is 1. The Hall–Kier alpha value is -1.84. The predicted molar refractivity (Wildman–Crippen MR) is 120 cm³/mol. The quantitative estimate of drug-likeness (QED) is 0.594. The zero-order valence-electron chi connectivity index (χ0n) is 16.7. The van der Waals surface area contributed by atoms with E-state index in [1.54, 1.807) is 18.2 Å². The van der Waals surface area contributed by atoms with Crippen molar-refractivity contribution in [2.45, 2.75) is 12.1 Å². The summed E-state index contributed by atoms with van der Waals surface area (Å²) in [5, 5.41) is 13.6. The van der Waals surface area contributed by atoms with Crippen molar-refractivity contribution in [2.24, 2.45) is 0 Å². The molecule has 1 heterocycles. The van der Waals surface area contributed by atoms with Gasteiger partial charge in [0.15, 0.2) is 9.84 Å². The summed E-state index contributed by atoms with van der Waals surface area (Å²) >= 11 is 12.0. The Balaban J connectivity index is 1.60. The molecule has 0 saturated carbocycles. The van der Waals surface area contributed by atoms with Gasteiger partial charge in [-0.15, -0.1) is 0 Å². The predicted octanol–water partition coefficient (Wildman–Crippen LogP) is 2.32. The summed E-state index contributed by atoms with van der Waals surface area (Å²) in [5.41, 5.74) is 0.760. The average molecular weight is 487 g/mol. The molecule has 10 heteroatoms. The van der Waals surface area contributed by atoms with Crippen molar-refractivity contribution in [1.29, 1.82) is 0 Å². The van der Waals surface area contributed by atoms with E-state index in [4.69, 9.17) is 27.9 Å². The monoisotopic (exact) mass is 486 g/mol. The number of sulfone groups is 1. The molecule has 1 fully saturated rings. The van der Waals surface area contributed by atoms with Crippen molar-refractivity contribution < 1.29 is 23.1 Å². The smallest absolute Gasteiger partial charge is 0.242 e. The molecule has 1 amide bonds. The maximum Gasteiger partial charge on any atom is 0.242 e. The van der Waals surface area contributed by atoms with Crippen LogP contribution in [0.25, 0.3) is 0 Å². The number of halogens is 2. The first-order valence-corrected chi connectivity index (χ1v) is 12.4. The molecule has 168 valence electrons. The summed E-state index contributed by atoms with van der Waals surface area (Å²) in [7, 11) is -3.07. The number of benzene rings is 2. The lowest BCUT2D eigenvalue weighted by atomic mass is 10.0. The van der Waals surface area contributed by atoms with E-state index in [-0.39, 0.29) is 48.7 Å². The third-order valence-corrected chi connectivity index (χ3v) is 7.38. The van der Waals surface area contributed by atoms with E-state index in [9.17, 15) is 18.3 Å². The minimum absolute atomic E-state index is 0.0144. The first-order chi connectivity index (χ1) is 14.8. The molecule has 2 N–H and O–H groups in total. The van der Waals surface area contributed by atoms with Crippen LogP contribution in [-0.4, -0.2) is 68.2 Å². The second-order valence-electron chi connectivity index (χ2n) is 7.26. The minimum atomic E-state index is -3.07. The zero-order valence-corrected chi connectivity index (χ0v) is 19.0. The second kappa shape index (κ2) is 10.7. The van der Waals surface area contributed by atoms with Crippen LogP contribution in [0, 0.1) is 0 Å². The Morgan fingerprint density at radius 2 is 1.77 bits per heavy atom. The number of nitrogens with zero attached hydrogens (tertiary/aromatic N) is 1. The molecule has 2 aromatic carbocycles. The lowest BCUT2D eigenvalue weighted by molar-refractivity contribution is -0.127. The first-order valence-electron chi connectivity index (χ1n) is 9.79. The topological polar surface area (TPSA) is 95.9 Å². The van der Waals surface area contributed by atoms with Gasteiger partial charge in [0.05, 0.1) is 16.5 Å². The summed E-state index contributed by atoms with van der Waals surface area (Å²) in [6.07, 6.45) is -0.975. The van der Waals surface area contributed by atoms with Gasteiger partial charge in [-0.25, -0.2) is 8.42 Å². The van der Waals surface area contributed by atoms with E-state index < -0.39 is 22.0 Å². The fourth-order valence-corrected chi connectivity index (χ4v) is 4.88. The van der Waals surface area contributed by atoms with Gasteiger partial charge in [0.2, 0.25) is 5.91 Å². The molecule has 2 unspecified atom stereocenters. The minimum Gasteiger partial charge on any atom is -0.489 e. The molecule has 3 rings (SSSR count). The van der Waals surface area contributed by atoms with Crippen molar-refractivity contribution >= 4 is 38.9 Å². The average Bonchev–Trinajstić information content (AvgIpc) is 2.75. The highest BCUT2D eigenvalue weighted by Gasteiger charge is 2.32. The summed E-state index contributed by atoms with van der Waals surface area (Å²) in [4.78, 5) is 14.8. The van der Waals surface area contributed by atoms with Gasteiger partial charge >= 0.3 is 0 Å². The van der Waals surface area contributed by atoms with Crippen molar-refractivity contribution in [1.82, 2.24) is 10.2 Å². The van der Waals surface area contributed by atoms with Gasteiger partial charge in [-0.1, -0.05) is 59.6 Å². The first kappa shape index (κ1) is 23.8. The number of aliphatic hydroxyl groups is 1. The largest absolute Gasteiger partial charge is 0.489 e. The standard InChI is InChI=1S/C21H24Cl2N2O5S/c22-17-7-4-8-18(19(17)23)30-14-16(26)13-24-21(27)20(15-5-2-1-3-6-15)25-9-11-31(28,29)12-10-25/h1-8,16,20,26H,9-14H2,(H,24,27). The molecule has 2 atom stereocenters. The highest BCUT2D eigenvalue weighted by atomic mass is 35.5. The lowest BCUT2D eigenvalue weighted by Crippen LogP contribution is -2.48. The lowest BCUT2D eigenvalue weighted by Gasteiger charge is -2.33. The van der Waals surface area contributed by atoms with Gasteiger partial charge in [0.25, 0.3) is 0 Å². The van der Waals surface area contributed by atoms with Crippen LogP contribution in [0.5, 0.6) is 5.75 Å². The Morgan fingerprint density at radius 3 is 2.45 bits per heavy atom. The van der Waals surface area contributed by atoms with Gasteiger partial charge in [-0.2, -0.15) is 0 Å². The van der Waals surface area contributed by atoms with Crippen LogP contribution in [0.3, 0.4) is 0 Å². The number of nitrogens with one attached hydrogen (secondary N) is 1. The molecule has 1 aliphatic heterocycles. The maximum absolute atomic E-state index is 13.0. The van der Waals surface area contributed by atoms with Gasteiger partial charge in [-0.05, 0) is 17.7 Å². The number of rotatable bonds is 8. The zero-order chi connectivity index (χ0) is 22.4. The number of carbonyl (C=O) groups is 1. The van der Waals surface area contributed by atoms with Crippen LogP contribution in [-0.2, 0) is 14.6 Å². The normalized spacial score (nSPS) is 18.2. The van der Waals surface area contributed by atoms with Crippen molar-refractivity contribution in [3.63, 3.8) is 0 Å². The van der Waals surface area contributed by atoms with E-state index in [2.05, 4.69) is 5.32 Å². The SMILES string of the molecule is O=C(NCC(O)COc1cccc(Cl)c1Cl)C(c1ccccc1)N1CCS(=O)(=O)CC1. The molecule has 31 heavy (non-hydrogen) atoms. The molecule has 7 nitrogen and oxygen atoms in total. The summed E-state index contributed by atoms with van der Waals surface area (Å²) in [6, 6.07) is 13.5. The van der Waals surface area contributed by atoms with Crippen molar-refractivity contribution in [3.8, 4) is 5.75 Å². The molecule has 2 aromatic rings. The number of carbonyl (C=O) groups excluding carboxylic acids is 1. The summed E-state index contributed by atoms with van der Waals surface area (Å²) < 4.78 is 29.1. The fourth-order valence-electron chi connectivity index (χ4n) is 3.30. The second-order valence-corrected chi connectivity index (χ2v) is 10.4. The van der Waals surface area contributed by atoms with Gasteiger partial charge in [0.1, 0.15) is 29.5 Å². The van der Waals surface area contributed by atoms with Crippen LogP contribution in [0.4, 0.5) is 0 Å². The summed E-state index contributed by atoms with van der Waals surface area (Å²) in [6.45, 7) is 0.424. The molecule has 1 saturated heterocycles. The molecule has 0 radical (unpaired) electrons. The van der Waals surface area contributed by atoms with E-state index in [0.717, 1.165) is 5.56 Å². The number of hydrogen-bond donors (Lipinski definition) is 2. The van der Waals surface area contributed by atoms with Crippen LogP contribution in [0.15, 0.2) is 48.5 Å². The van der Waals surface area contributed by atoms with Crippen molar-refractivity contribution in [3.05, 3.63) is 64.1 Å². The highest BCUT2D eigenvalue weighted by Crippen LogP contribution is 2.31. The Bertz CT molecular complexity index is 990. The Labute approximate surface area is 191 Å². The Kier molecular flexibility index (Phi) is 8.18. The van der Waals surface area contributed by atoms with Gasteiger partial charge in [0, 0.05) is 19.6 Å². The van der Waals surface area contributed by atoms with Crippen LogP contribution >= 0.6 is 23.2 Å². The van der Waals surface area contributed by atoms with Crippen LogP contribution < -0.4 is 10.1 Å². The molecular weight excluding hydrogens is 463 g/mol. The number of hydrogen-bond acceptors (Lipinski definition) is 6. The Morgan fingerprint density at radius 1 is 1.10 bits per heavy atom. The highest BCUT2D eigenvalue weighted by molar-refractivity contribution is 7.91. The fraction of sp³-hybridized carbons (Fsp3) is 0.381. The third-order valence-electron chi connectivity index (χ3n) is 4.97. The molecule has 0 aromatic heterocycles. The molecule has 1 aliphatic rings. The van der Waals surface area contributed by atoms with Gasteiger partial charge < -0.3 is 15.2 Å². The van der Waals surface area contributed by atoms with Crippen molar-refractivity contribution in [2.75, 3.05) is 37.7 Å². The van der Waals surface area contributed by atoms with Crippen LogP contribution in [0.1, 0.15) is 11.6 Å². The maximum atomic E-state index is 13.0. The van der Waals surface area contributed by atoms with Crippen LogP contribution in [0.2, 0.25) is 10.0 Å². The van der Waals surface area contributed by atoms with E-state index >= 15 is 0 Å². The van der Waals surface area contributed by atoms with E-state index in [1.807, 2.05) is 35.2 Å². The van der Waals surface area contributed by atoms with E-state index in [0.29, 0.717) is 10.8 Å². The summed E-state index contributed by atoms with van der Waals surface area (Å²) in [5.74, 6) is 0.0579. The molecule has 0 aliphatic carbocycles. The molecule has 0 bridgehead atoms. The molecular formula is C21H24Cl2N2O5S. The third kappa shape index (κ3) is 6.57. The molecule has 0 spiro atoms. The number of aliphatic hydroxyl groups excluding tert-OH is 1. The van der Waals surface area contributed by atoms with Gasteiger partial charge in [-0.3, -0.25) is 9.69 Å². The van der Waals surface area contributed by atoms with E-state index in [1.165, 1.54) is 0 Å². The number of ether oxygens (including phenoxy) is 1.